The first-order chi connectivity index (χ1) is 14.3. The quantitative estimate of drug-likeness (QED) is 0.627. The van der Waals surface area contributed by atoms with E-state index in [2.05, 4.69) is 16.9 Å². The summed E-state index contributed by atoms with van der Waals surface area (Å²) >= 11 is 0. The van der Waals surface area contributed by atoms with Crippen LogP contribution in [0.2, 0.25) is 0 Å². The molecule has 5 nitrogen and oxygen atoms in total. The minimum Gasteiger partial charge on any atom is -0.381 e. The summed E-state index contributed by atoms with van der Waals surface area (Å²) in [6, 6.07) is 5.07. The number of ether oxygens (including phenoxy) is 1. The van der Waals surface area contributed by atoms with Crippen LogP contribution in [0.5, 0.6) is 0 Å². The molecular weight excluding hydrogens is 388 g/mol. The van der Waals surface area contributed by atoms with Gasteiger partial charge in [-0.15, -0.1) is 0 Å². The standard InChI is InChI=1S/C23H25F2N3O2/c1-13(16-8-9-30-12-16)4-6-18-11-21-26-15(3)14(2)23(29)28(21)22(27-18)19-7-5-17(24)10-20(19)25/h5,7,10-11,13,16H,4,6,8-9,12H2,1-3H3. The molecule has 3 aromatic rings. The Morgan fingerprint density at radius 2 is 2.03 bits per heavy atom. The molecule has 0 aliphatic carbocycles. The van der Waals surface area contributed by atoms with Crippen LogP contribution >= 0.6 is 0 Å². The minimum absolute atomic E-state index is 0.0765. The fraction of sp³-hybridized carbons (Fsp3) is 0.435. The predicted molar refractivity (Wildman–Crippen MR) is 110 cm³/mol. The molecule has 3 heterocycles. The summed E-state index contributed by atoms with van der Waals surface area (Å²) in [7, 11) is 0. The van der Waals surface area contributed by atoms with Crippen LogP contribution in [0.3, 0.4) is 0 Å². The van der Waals surface area contributed by atoms with Crippen LogP contribution in [0.25, 0.3) is 17.0 Å². The van der Waals surface area contributed by atoms with Gasteiger partial charge in [0, 0.05) is 42.3 Å². The molecule has 1 fully saturated rings. The van der Waals surface area contributed by atoms with Crippen LogP contribution in [0.1, 0.15) is 36.7 Å². The van der Waals surface area contributed by atoms with Crippen LogP contribution in [-0.2, 0) is 11.2 Å². The van der Waals surface area contributed by atoms with E-state index in [0.717, 1.165) is 37.8 Å². The maximum atomic E-state index is 14.6. The molecule has 7 heteroatoms. The smallest absolute Gasteiger partial charge is 0.262 e. The van der Waals surface area contributed by atoms with E-state index in [1.54, 1.807) is 19.9 Å². The molecule has 4 rings (SSSR count). The molecule has 0 bridgehead atoms. The van der Waals surface area contributed by atoms with Gasteiger partial charge in [0.25, 0.3) is 5.56 Å². The van der Waals surface area contributed by atoms with Crippen molar-refractivity contribution in [2.75, 3.05) is 13.2 Å². The zero-order valence-electron chi connectivity index (χ0n) is 17.4. The number of aryl methyl sites for hydroxylation is 2. The van der Waals surface area contributed by atoms with E-state index < -0.39 is 11.6 Å². The van der Waals surface area contributed by atoms with Crippen LogP contribution in [-0.4, -0.2) is 27.6 Å². The molecule has 2 unspecified atom stereocenters. The number of benzene rings is 1. The minimum atomic E-state index is -0.762. The Hall–Kier alpha value is -2.67. The van der Waals surface area contributed by atoms with E-state index in [1.165, 1.54) is 16.5 Å². The highest BCUT2D eigenvalue weighted by Gasteiger charge is 2.23. The van der Waals surface area contributed by atoms with Gasteiger partial charge in [-0.25, -0.2) is 23.1 Å². The Bertz CT molecular complexity index is 1150. The zero-order valence-corrected chi connectivity index (χ0v) is 17.4. The van der Waals surface area contributed by atoms with Gasteiger partial charge < -0.3 is 4.74 Å². The van der Waals surface area contributed by atoms with Crippen LogP contribution < -0.4 is 5.56 Å². The van der Waals surface area contributed by atoms with Crippen molar-refractivity contribution in [2.24, 2.45) is 11.8 Å². The average Bonchev–Trinajstić information content (AvgIpc) is 3.25. The molecule has 158 valence electrons. The van der Waals surface area contributed by atoms with E-state index in [9.17, 15) is 13.6 Å². The first-order valence-corrected chi connectivity index (χ1v) is 10.3. The van der Waals surface area contributed by atoms with Crippen molar-refractivity contribution < 1.29 is 13.5 Å². The van der Waals surface area contributed by atoms with Gasteiger partial charge in [0.15, 0.2) is 5.82 Å². The number of nitrogens with zero attached hydrogens (tertiary/aromatic N) is 3. The van der Waals surface area contributed by atoms with Gasteiger partial charge in [-0.05, 0) is 57.1 Å². The second-order valence-corrected chi connectivity index (χ2v) is 8.16. The molecule has 1 aliphatic heterocycles. The average molecular weight is 413 g/mol. The molecule has 0 radical (unpaired) electrons. The van der Waals surface area contributed by atoms with Crippen molar-refractivity contribution in [1.29, 1.82) is 0 Å². The first-order valence-electron chi connectivity index (χ1n) is 10.3. The third-order valence-electron chi connectivity index (χ3n) is 6.13. The number of hydrogen-bond donors (Lipinski definition) is 0. The SMILES string of the molecule is Cc1nc2cc(CCC(C)C3CCOC3)nc(-c3ccc(F)cc3F)n2c(=O)c1C. The van der Waals surface area contributed by atoms with Gasteiger partial charge >= 0.3 is 0 Å². The second kappa shape index (κ2) is 8.22. The van der Waals surface area contributed by atoms with Gasteiger partial charge in [-0.2, -0.15) is 0 Å². The Morgan fingerprint density at radius 3 is 2.73 bits per heavy atom. The van der Waals surface area contributed by atoms with Crippen LogP contribution in [0.4, 0.5) is 8.78 Å². The van der Waals surface area contributed by atoms with Crippen molar-refractivity contribution in [3.8, 4) is 11.4 Å². The summed E-state index contributed by atoms with van der Waals surface area (Å²) in [5.41, 5.74) is 2.03. The summed E-state index contributed by atoms with van der Waals surface area (Å²) in [6.45, 7) is 7.26. The van der Waals surface area contributed by atoms with E-state index in [4.69, 9.17) is 4.74 Å². The van der Waals surface area contributed by atoms with Crippen molar-refractivity contribution in [3.63, 3.8) is 0 Å². The molecule has 1 aliphatic rings. The van der Waals surface area contributed by atoms with Crippen molar-refractivity contribution >= 4 is 5.65 Å². The lowest BCUT2D eigenvalue weighted by Gasteiger charge is -2.18. The van der Waals surface area contributed by atoms with Gasteiger partial charge in [-0.1, -0.05) is 6.92 Å². The molecule has 2 aromatic heterocycles. The van der Waals surface area contributed by atoms with Crippen LogP contribution in [0.15, 0.2) is 29.1 Å². The molecule has 0 spiro atoms. The molecule has 2 atom stereocenters. The van der Waals surface area contributed by atoms with Crippen molar-refractivity contribution in [2.45, 2.75) is 40.0 Å². The molecule has 0 N–H and O–H groups in total. The van der Waals surface area contributed by atoms with Crippen molar-refractivity contribution in [3.05, 3.63) is 63.2 Å². The molecular formula is C23H25F2N3O2. The van der Waals surface area contributed by atoms with E-state index in [-0.39, 0.29) is 16.9 Å². The van der Waals surface area contributed by atoms with Gasteiger partial charge in [0.2, 0.25) is 0 Å². The molecule has 0 saturated carbocycles. The molecule has 1 saturated heterocycles. The van der Waals surface area contributed by atoms with E-state index in [0.29, 0.717) is 35.2 Å². The summed E-state index contributed by atoms with van der Waals surface area (Å²) in [4.78, 5) is 22.1. The monoisotopic (exact) mass is 413 g/mol. The Morgan fingerprint density at radius 1 is 1.23 bits per heavy atom. The lowest BCUT2D eigenvalue weighted by atomic mass is 9.89. The fourth-order valence-corrected chi connectivity index (χ4v) is 3.99. The highest BCUT2D eigenvalue weighted by atomic mass is 19.1. The lowest BCUT2D eigenvalue weighted by Crippen LogP contribution is -2.23. The highest BCUT2D eigenvalue weighted by molar-refractivity contribution is 5.61. The summed E-state index contributed by atoms with van der Waals surface area (Å²) in [5.74, 6) is -0.293. The van der Waals surface area contributed by atoms with Crippen molar-refractivity contribution in [1.82, 2.24) is 14.4 Å². The lowest BCUT2D eigenvalue weighted by molar-refractivity contribution is 0.172. The van der Waals surface area contributed by atoms with Gasteiger partial charge in [0.1, 0.15) is 17.3 Å². The topological polar surface area (TPSA) is 56.5 Å². The van der Waals surface area contributed by atoms with E-state index >= 15 is 0 Å². The summed E-state index contributed by atoms with van der Waals surface area (Å²) in [6.07, 6.45) is 2.64. The molecule has 1 aromatic carbocycles. The second-order valence-electron chi connectivity index (χ2n) is 8.16. The molecule has 0 amide bonds. The van der Waals surface area contributed by atoms with E-state index in [1.807, 2.05) is 0 Å². The van der Waals surface area contributed by atoms with Gasteiger partial charge in [-0.3, -0.25) is 4.79 Å². The largest absolute Gasteiger partial charge is 0.381 e. The Balaban J connectivity index is 1.80. The molecule has 30 heavy (non-hydrogen) atoms. The number of rotatable bonds is 5. The first kappa shape index (κ1) is 20.6. The number of aromatic nitrogens is 3. The highest BCUT2D eigenvalue weighted by Crippen LogP contribution is 2.27. The van der Waals surface area contributed by atoms with Crippen LogP contribution in [0, 0.1) is 37.3 Å². The number of hydrogen-bond acceptors (Lipinski definition) is 4. The summed E-state index contributed by atoms with van der Waals surface area (Å²) < 4.78 is 34.9. The predicted octanol–water partition coefficient (Wildman–Crippen LogP) is 4.26. The Kier molecular flexibility index (Phi) is 5.64. The Labute approximate surface area is 173 Å². The third-order valence-corrected chi connectivity index (χ3v) is 6.13. The third kappa shape index (κ3) is 3.86. The van der Waals surface area contributed by atoms with Gasteiger partial charge in [0.05, 0.1) is 5.56 Å². The number of fused-ring (bicyclic) bond motifs is 1. The zero-order chi connectivity index (χ0) is 21.4. The number of halogens is 2. The maximum absolute atomic E-state index is 14.6. The normalized spacial score (nSPS) is 17.6. The fourth-order valence-electron chi connectivity index (χ4n) is 3.99. The summed E-state index contributed by atoms with van der Waals surface area (Å²) in [5, 5.41) is 0. The maximum Gasteiger partial charge on any atom is 0.262 e.